The van der Waals surface area contributed by atoms with Crippen molar-refractivity contribution in [1.29, 1.82) is 5.41 Å². The maximum Gasteiger partial charge on any atom is 0.343 e. The number of Topliss-reactive ketones (excluding diaryl/α,β-unsaturated/α-hetero) is 1. The van der Waals surface area contributed by atoms with Gasteiger partial charge >= 0.3 is 5.97 Å². The molecule has 1 heterocycles. The minimum absolute atomic E-state index is 0. The molecule has 1 N–H and O–H groups in total. The van der Waals surface area contributed by atoms with E-state index < -0.39 is 5.97 Å². The third-order valence-electron chi connectivity index (χ3n) is 4.17. The summed E-state index contributed by atoms with van der Waals surface area (Å²) in [5.41, 5.74) is 2.51. The lowest BCUT2D eigenvalue weighted by atomic mass is 10.1. The van der Waals surface area contributed by atoms with Crippen molar-refractivity contribution in [3.05, 3.63) is 59.7 Å². The number of fused-ring (bicyclic) bond motifs is 1. The molecule has 0 aliphatic carbocycles. The number of esters is 1. The van der Waals surface area contributed by atoms with Gasteiger partial charge in [-0.15, -0.1) is 17.0 Å². The first-order chi connectivity index (χ1) is 12.5. The number of rotatable bonds is 6. The van der Waals surface area contributed by atoms with E-state index in [9.17, 15) is 9.59 Å². The zero-order chi connectivity index (χ0) is 18.7. The van der Waals surface area contributed by atoms with E-state index in [4.69, 9.17) is 10.1 Å². The van der Waals surface area contributed by atoms with Gasteiger partial charge in [0.15, 0.2) is 12.4 Å². The van der Waals surface area contributed by atoms with Gasteiger partial charge in [-0.1, -0.05) is 12.1 Å². The minimum Gasteiger partial charge on any atom is -0.482 e. The summed E-state index contributed by atoms with van der Waals surface area (Å²) in [6.07, 6.45) is 0. The molecule has 3 aromatic rings. The van der Waals surface area contributed by atoms with Crippen LogP contribution in [-0.4, -0.2) is 34.6 Å². The monoisotopic (exact) mass is 433 g/mol. The van der Waals surface area contributed by atoms with Crippen molar-refractivity contribution in [3.8, 4) is 5.75 Å². The van der Waals surface area contributed by atoms with Crippen LogP contribution in [0.25, 0.3) is 11.0 Å². The number of hydrogen-bond acceptors (Lipinski definition) is 5. The number of nitrogens with one attached hydrogen (secondary N) is 1. The number of hydrogen-bond donors (Lipinski definition) is 1. The predicted molar refractivity (Wildman–Crippen MR) is 105 cm³/mol. The largest absolute Gasteiger partial charge is 0.482 e. The lowest BCUT2D eigenvalue weighted by Gasteiger charge is -2.07. The van der Waals surface area contributed by atoms with E-state index in [-0.39, 0.29) is 41.5 Å². The van der Waals surface area contributed by atoms with Crippen molar-refractivity contribution in [2.45, 2.75) is 6.54 Å². The third-order valence-corrected chi connectivity index (χ3v) is 4.17. The summed E-state index contributed by atoms with van der Waals surface area (Å²) in [6.45, 7) is -0.111. The molecule has 1 aromatic heterocycles. The summed E-state index contributed by atoms with van der Waals surface area (Å²) in [5, 5.41) is 8.24. The van der Waals surface area contributed by atoms with Crippen LogP contribution >= 0.6 is 17.0 Å². The molecule has 142 valence electrons. The molecule has 0 bridgehead atoms. The first-order valence-corrected chi connectivity index (χ1v) is 8.03. The Morgan fingerprint density at radius 3 is 2.30 bits per heavy atom. The number of benzene rings is 2. The van der Waals surface area contributed by atoms with Crippen LogP contribution in [0.3, 0.4) is 0 Å². The van der Waals surface area contributed by atoms with Crippen molar-refractivity contribution in [2.75, 3.05) is 13.7 Å². The number of para-hydroxylation sites is 2. The average molecular weight is 434 g/mol. The fourth-order valence-electron chi connectivity index (χ4n) is 2.72. The first kappa shape index (κ1) is 20.4. The molecule has 0 spiro atoms. The van der Waals surface area contributed by atoms with Crippen LogP contribution in [0, 0.1) is 5.41 Å². The van der Waals surface area contributed by atoms with Gasteiger partial charge in [0.25, 0.3) is 0 Å². The molecule has 0 aliphatic rings. The van der Waals surface area contributed by atoms with E-state index in [0.717, 1.165) is 11.0 Å². The van der Waals surface area contributed by atoms with Gasteiger partial charge in [0.1, 0.15) is 5.75 Å². The molecule has 0 saturated carbocycles. The van der Waals surface area contributed by atoms with Crippen LogP contribution < -0.4 is 10.4 Å². The Hall–Kier alpha value is -2.87. The smallest absolute Gasteiger partial charge is 0.343 e. The number of ether oxygens (including phenoxy) is 2. The molecule has 8 heteroatoms. The van der Waals surface area contributed by atoms with Gasteiger partial charge in [-0.25, -0.2) is 4.79 Å². The Kier molecular flexibility index (Phi) is 6.57. The second kappa shape index (κ2) is 8.68. The molecule has 0 unspecified atom stereocenters. The summed E-state index contributed by atoms with van der Waals surface area (Å²) < 4.78 is 13.2. The highest BCUT2D eigenvalue weighted by molar-refractivity contribution is 8.93. The van der Waals surface area contributed by atoms with E-state index in [1.165, 1.54) is 7.11 Å². The van der Waals surface area contributed by atoms with Gasteiger partial charge in [0.05, 0.1) is 24.7 Å². The highest BCUT2D eigenvalue weighted by Gasteiger charge is 2.13. The molecule has 0 saturated heterocycles. The van der Waals surface area contributed by atoms with E-state index in [1.807, 2.05) is 24.3 Å². The number of carbonyl (C=O) groups is 2. The highest BCUT2D eigenvalue weighted by atomic mass is 79.9. The summed E-state index contributed by atoms with van der Waals surface area (Å²) in [7, 11) is 3.10. The van der Waals surface area contributed by atoms with Crippen LogP contribution in [0.1, 0.15) is 10.4 Å². The van der Waals surface area contributed by atoms with Crippen molar-refractivity contribution in [3.63, 3.8) is 0 Å². The molecule has 2 aromatic carbocycles. The Labute approximate surface area is 166 Å². The number of halogens is 1. The van der Waals surface area contributed by atoms with Crippen LogP contribution in [0.15, 0.2) is 48.5 Å². The summed E-state index contributed by atoms with van der Waals surface area (Å²) in [4.78, 5) is 23.7. The minimum atomic E-state index is -0.472. The molecule has 3 rings (SSSR count). The van der Waals surface area contributed by atoms with Crippen molar-refractivity contribution in [2.24, 2.45) is 7.05 Å². The third kappa shape index (κ3) is 4.28. The van der Waals surface area contributed by atoms with Gasteiger partial charge < -0.3 is 18.6 Å². The van der Waals surface area contributed by atoms with Crippen LogP contribution in [0.5, 0.6) is 5.75 Å². The zero-order valence-electron chi connectivity index (χ0n) is 15.0. The molecule has 0 radical (unpaired) electrons. The Balaban J connectivity index is 0.00000261. The fraction of sp³-hybridized carbons (Fsp3) is 0.211. The average Bonchev–Trinajstić information content (AvgIpc) is 2.91. The summed E-state index contributed by atoms with van der Waals surface area (Å²) in [6, 6.07) is 14.1. The normalized spacial score (nSPS) is 10.3. The lowest BCUT2D eigenvalue weighted by Crippen LogP contribution is -2.25. The van der Waals surface area contributed by atoms with E-state index >= 15 is 0 Å². The first-order valence-electron chi connectivity index (χ1n) is 8.03. The molecular formula is C19H20BrN3O4. The standard InChI is InChI=1S/C19H19N3O4.BrH/c1-21-15-5-3-4-6-16(15)22(19(21)20)11-17(23)13-7-9-14(10-8-13)26-12-18(24)25-2;/h3-10,20H,11-12H2,1-2H3;1H. The SMILES string of the molecule is Br.COC(=O)COc1ccc(C(=O)Cn2c(=N)n(C)c3ccccc32)cc1. The molecule has 7 nitrogen and oxygen atoms in total. The van der Waals surface area contributed by atoms with Crippen molar-refractivity contribution < 1.29 is 19.1 Å². The number of carbonyl (C=O) groups excluding carboxylic acids is 2. The molecule has 0 fully saturated rings. The number of ketones is 1. The lowest BCUT2D eigenvalue weighted by molar-refractivity contribution is -0.142. The van der Waals surface area contributed by atoms with E-state index in [1.54, 1.807) is 40.4 Å². The second-order valence-electron chi connectivity index (χ2n) is 5.77. The molecular weight excluding hydrogens is 414 g/mol. The quantitative estimate of drug-likeness (QED) is 0.477. The van der Waals surface area contributed by atoms with Crippen LogP contribution in [0.2, 0.25) is 0 Å². The Morgan fingerprint density at radius 2 is 1.67 bits per heavy atom. The van der Waals surface area contributed by atoms with Crippen molar-refractivity contribution >= 4 is 39.8 Å². The van der Waals surface area contributed by atoms with E-state index in [2.05, 4.69) is 4.74 Å². The number of aromatic nitrogens is 2. The molecule has 0 amide bonds. The van der Waals surface area contributed by atoms with Crippen LogP contribution in [0.4, 0.5) is 0 Å². The van der Waals surface area contributed by atoms with Gasteiger partial charge in [-0.05, 0) is 36.4 Å². The highest BCUT2D eigenvalue weighted by Crippen LogP contribution is 2.15. The maximum atomic E-state index is 12.6. The van der Waals surface area contributed by atoms with Gasteiger partial charge in [-0.3, -0.25) is 10.2 Å². The summed E-state index contributed by atoms with van der Waals surface area (Å²) in [5.74, 6) is -0.106. The van der Waals surface area contributed by atoms with Gasteiger partial charge in [0, 0.05) is 12.6 Å². The topological polar surface area (TPSA) is 86.3 Å². The van der Waals surface area contributed by atoms with Gasteiger partial charge in [-0.2, -0.15) is 0 Å². The number of imidazole rings is 1. The Morgan fingerprint density at radius 1 is 1.04 bits per heavy atom. The van der Waals surface area contributed by atoms with Crippen LogP contribution in [-0.2, 0) is 23.1 Å². The molecule has 0 atom stereocenters. The van der Waals surface area contributed by atoms with Gasteiger partial charge in [0.2, 0.25) is 5.62 Å². The number of aryl methyl sites for hydroxylation is 1. The van der Waals surface area contributed by atoms with E-state index in [0.29, 0.717) is 11.3 Å². The second-order valence-corrected chi connectivity index (χ2v) is 5.77. The predicted octanol–water partition coefficient (Wildman–Crippen LogP) is 2.47. The van der Waals surface area contributed by atoms with Crippen molar-refractivity contribution in [1.82, 2.24) is 9.13 Å². The summed E-state index contributed by atoms with van der Waals surface area (Å²) >= 11 is 0. The molecule has 27 heavy (non-hydrogen) atoms. The number of nitrogens with zero attached hydrogens (tertiary/aromatic N) is 2. The molecule has 0 aliphatic heterocycles. The number of methoxy groups -OCH3 is 1. The fourth-order valence-corrected chi connectivity index (χ4v) is 2.72. The Bertz CT molecular complexity index is 1020. The maximum absolute atomic E-state index is 12.6. The zero-order valence-corrected chi connectivity index (χ0v) is 16.7.